The van der Waals surface area contributed by atoms with E-state index < -0.39 is 20.5 Å². The van der Waals surface area contributed by atoms with Gasteiger partial charge < -0.3 is 10.0 Å². The molecule has 2 aromatic rings. The lowest BCUT2D eigenvalue weighted by atomic mass is 10.0. The summed E-state index contributed by atoms with van der Waals surface area (Å²) in [6.45, 7) is 1.58. The third-order valence-corrected chi connectivity index (χ3v) is 8.83. The number of hydrogen-bond acceptors (Lipinski definition) is 7. The van der Waals surface area contributed by atoms with Gasteiger partial charge in [-0.3, -0.25) is 19.6 Å². The molecule has 1 atom stereocenters. The Morgan fingerprint density at radius 2 is 2.00 bits per heavy atom. The number of nitrogens with one attached hydrogen (secondary N) is 1. The molecule has 180 valence electrons. The number of nitrogens with zero attached hydrogens (tertiary/aromatic N) is 3. The Kier molecular flexibility index (Phi) is 6.01. The van der Waals surface area contributed by atoms with Gasteiger partial charge in [-0.15, -0.1) is 0 Å². The van der Waals surface area contributed by atoms with E-state index in [-0.39, 0.29) is 37.6 Å². The summed E-state index contributed by atoms with van der Waals surface area (Å²) in [5, 5.41) is 18.5. The Labute approximate surface area is 197 Å². The molecule has 4 rings (SSSR count). The Bertz CT molecular complexity index is 1300. The second kappa shape index (κ2) is 8.54. The largest absolute Gasteiger partial charge is 0.395 e. The molecule has 2 aliphatic rings. The van der Waals surface area contributed by atoms with Crippen molar-refractivity contribution in [2.24, 2.45) is 0 Å². The van der Waals surface area contributed by atoms with E-state index in [1.807, 2.05) is 12.1 Å². The lowest BCUT2D eigenvalue weighted by molar-refractivity contribution is -0.131. The number of aliphatic hydroxyl groups excluding tert-OH is 1. The normalized spacial score (nSPS) is 18.0. The van der Waals surface area contributed by atoms with Crippen LogP contribution in [0, 0.1) is 11.8 Å². The number of fused-ring (bicyclic) bond motifs is 1. The fourth-order valence-electron chi connectivity index (χ4n) is 3.97. The second-order valence-electron chi connectivity index (χ2n) is 9.11. The maximum absolute atomic E-state index is 12.8. The molecule has 2 aromatic heterocycles. The van der Waals surface area contributed by atoms with E-state index in [4.69, 9.17) is 5.21 Å². The molecule has 1 aliphatic carbocycles. The van der Waals surface area contributed by atoms with E-state index in [1.165, 1.54) is 21.9 Å². The van der Waals surface area contributed by atoms with Crippen LogP contribution in [0.25, 0.3) is 0 Å². The third kappa shape index (κ3) is 4.20. The van der Waals surface area contributed by atoms with Crippen LogP contribution in [0.4, 0.5) is 4.79 Å². The minimum atomic E-state index is -3.84. The zero-order valence-corrected chi connectivity index (χ0v) is 19.7. The third-order valence-electron chi connectivity index (χ3n) is 6.80. The van der Waals surface area contributed by atoms with Gasteiger partial charge in [-0.1, -0.05) is 11.8 Å². The summed E-state index contributed by atoms with van der Waals surface area (Å²) >= 11 is 0. The van der Waals surface area contributed by atoms with Crippen molar-refractivity contribution in [3.8, 4) is 11.8 Å². The number of aromatic nitrogens is 2. The van der Waals surface area contributed by atoms with E-state index >= 15 is 0 Å². The lowest BCUT2D eigenvalue weighted by Gasteiger charge is -2.27. The zero-order valence-electron chi connectivity index (χ0n) is 18.9. The van der Waals surface area contributed by atoms with Crippen molar-refractivity contribution in [2.75, 3.05) is 19.4 Å². The van der Waals surface area contributed by atoms with E-state index in [0.29, 0.717) is 11.3 Å². The molecule has 10 nitrogen and oxygen atoms in total. The van der Waals surface area contributed by atoms with Crippen molar-refractivity contribution in [2.45, 2.75) is 42.9 Å². The quantitative estimate of drug-likeness (QED) is 0.298. The van der Waals surface area contributed by atoms with Crippen LogP contribution in [0.15, 0.2) is 30.6 Å². The van der Waals surface area contributed by atoms with Crippen molar-refractivity contribution in [1.29, 1.82) is 0 Å². The topological polar surface area (TPSA) is 142 Å². The minimum absolute atomic E-state index is 0.0197. The van der Waals surface area contributed by atoms with Crippen LogP contribution >= 0.6 is 0 Å². The zero-order chi connectivity index (χ0) is 24.7. The number of rotatable bonds is 7. The van der Waals surface area contributed by atoms with Crippen LogP contribution in [-0.4, -0.2) is 69.3 Å². The van der Waals surface area contributed by atoms with Crippen LogP contribution in [0.5, 0.6) is 0 Å². The van der Waals surface area contributed by atoms with Gasteiger partial charge in [-0.2, -0.15) is 0 Å². The fourth-order valence-corrected chi connectivity index (χ4v) is 4.82. The SMILES string of the molecule is C[C@@](CCN1Cc2cc(C#Cc3ccc(C4(CO)CC4)nc3)cn2C1=O)(C(=O)NO)S(C)(=O)=O. The van der Waals surface area contributed by atoms with Gasteiger partial charge in [0.1, 0.15) is 0 Å². The van der Waals surface area contributed by atoms with E-state index in [1.54, 1.807) is 18.5 Å². The minimum Gasteiger partial charge on any atom is -0.395 e. The number of aliphatic hydroxyl groups is 1. The summed E-state index contributed by atoms with van der Waals surface area (Å²) in [6.07, 6.45) is 5.92. The summed E-state index contributed by atoms with van der Waals surface area (Å²) in [6, 6.07) is 5.19. The molecule has 0 aromatic carbocycles. The number of hydroxylamine groups is 1. The summed E-state index contributed by atoms with van der Waals surface area (Å²) < 4.78 is 23.8. The van der Waals surface area contributed by atoms with Crippen LogP contribution in [0.1, 0.15) is 48.7 Å². The smallest absolute Gasteiger partial charge is 0.328 e. The number of carbonyl (C=O) groups is 2. The van der Waals surface area contributed by atoms with Crippen LogP contribution < -0.4 is 5.48 Å². The fraction of sp³-hybridized carbons (Fsp3) is 0.435. The van der Waals surface area contributed by atoms with Gasteiger partial charge in [-0.25, -0.2) is 18.7 Å². The average Bonchev–Trinajstić information content (AvgIpc) is 3.43. The average molecular weight is 487 g/mol. The summed E-state index contributed by atoms with van der Waals surface area (Å²) in [7, 11) is -3.84. The van der Waals surface area contributed by atoms with Crippen molar-refractivity contribution >= 4 is 21.8 Å². The molecule has 11 heteroatoms. The van der Waals surface area contributed by atoms with E-state index in [9.17, 15) is 23.1 Å². The molecule has 0 saturated heterocycles. The summed E-state index contributed by atoms with van der Waals surface area (Å²) in [4.78, 5) is 30.6. The molecule has 3 N–H and O–H groups in total. The Hall–Kier alpha value is -3.20. The van der Waals surface area contributed by atoms with Crippen LogP contribution in [0.3, 0.4) is 0 Å². The molecule has 0 unspecified atom stereocenters. The number of carbonyl (C=O) groups excluding carboxylic acids is 2. The lowest BCUT2D eigenvalue weighted by Crippen LogP contribution is -2.50. The Morgan fingerprint density at radius 3 is 2.53 bits per heavy atom. The summed E-state index contributed by atoms with van der Waals surface area (Å²) in [5.41, 5.74) is 4.16. The number of amides is 2. The standard InChI is InChI=1S/C23H26N4O6S/c1-22(20(29)25-31,34(2,32)33)9-10-26-14-18-11-17(13-27(18)21(26)30)4-3-16-5-6-19(24-12-16)23(15-28)7-8-23/h5-6,11-13,28,31H,7-10,14-15H2,1-2H3,(H,25,29)/t22-/m1/s1. The van der Waals surface area contributed by atoms with Gasteiger partial charge in [-0.05, 0) is 44.4 Å². The molecule has 2 amide bonds. The first-order chi connectivity index (χ1) is 16.0. The van der Waals surface area contributed by atoms with Crippen molar-refractivity contribution in [3.05, 3.63) is 53.1 Å². The molecule has 0 radical (unpaired) electrons. The van der Waals surface area contributed by atoms with E-state index in [0.717, 1.165) is 30.4 Å². The first-order valence-corrected chi connectivity index (χ1v) is 12.7. The highest BCUT2D eigenvalue weighted by Crippen LogP contribution is 2.46. The van der Waals surface area contributed by atoms with Gasteiger partial charge in [0, 0.05) is 53.1 Å². The molecule has 0 spiro atoms. The predicted octanol–water partition coefficient (Wildman–Crippen LogP) is 0.789. The van der Waals surface area contributed by atoms with Gasteiger partial charge >= 0.3 is 6.03 Å². The molecule has 34 heavy (non-hydrogen) atoms. The first-order valence-electron chi connectivity index (χ1n) is 10.8. The maximum Gasteiger partial charge on any atom is 0.328 e. The first kappa shape index (κ1) is 23.9. The molecule has 1 fully saturated rings. The Morgan fingerprint density at radius 1 is 1.29 bits per heavy atom. The molecule has 3 heterocycles. The van der Waals surface area contributed by atoms with Gasteiger partial charge in [0.15, 0.2) is 14.6 Å². The molecule has 1 aliphatic heterocycles. The van der Waals surface area contributed by atoms with Crippen molar-refractivity contribution in [1.82, 2.24) is 19.9 Å². The van der Waals surface area contributed by atoms with Crippen LogP contribution in [0.2, 0.25) is 0 Å². The second-order valence-corrected chi connectivity index (χ2v) is 11.6. The predicted molar refractivity (Wildman–Crippen MR) is 122 cm³/mol. The molecule has 1 saturated carbocycles. The number of sulfone groups is 1. The number of hydrogen-bond donors (Lipinski definition) is 3. The number of pyridine rings is 1. The van der Waals surface area contributed by atoms with Crippen molar-refractivity contribution < 1.29 is 28.3 Å². The molecular weight excluding hydrogens is 460 g/mol. The highest BCUT2D eigenvalue weighted by Gasteiger charge is 2.45. The van der Waals surface area contributed by atoms with Crippen LogP contribution in [-0.2, 0) is 26.6 Å². The molecule has 0 bridgehead atoms. The highest BCUT2D eigenvalue weighted by atomic mass is 32.2. The van der Waals surface area contributed by atoms with Gasteiger partial charge in [0.05, 0.1) is 13.2 Å². The van der Waals surface area contributed by atoms with Crippen molar-refractivity contribution in [3.63, 3.8) is 0 Å². The van der Waals surface area contributed by atoms with Gasteiger partial charge in [0.2, 0.25) is 0 Å². The van der Waals surface area contributed by atoms with E-state index in [2.05, 4.69) is 16.8 Å². The highest BCUT2D eigenvalue weighted by molar-refractivity contribution is 7.92. The maximum atomic E-state index is 12.8. The molecular formula is C23H26N4O6S. The van der Waals surface area contributed by atoms with Gasteiger partial charge in [0.25, 0.3) is 5.91 Å². The Balaban J connectivity index is 1.42. The monoisotopic (exact) mass is 486 g/mol. The summed E-state index contributed by atoms with van der Waals surface area (Å²) in [5.74, 6) is 5.01.